The third kappa shape index (κ3) is 6.27. The van der Waals surface area contributed by atoms with Gasteiger partial charge in [-0.15, -0.1) is 11.3 Å². The molecule has 0 bridgehead atoms. The molecule has 0 radical (unpaired) electrons. The molecule has 1 fully saturated rings. The Bertz CT molecular complexity index is 624. The number of hydrogen-bond donors (Lipinski definition) is 1. The molecule has 5 nitrogen and oxygen atoms in total. The Kier molecular flexibility index (Phi) is 7.62. The largest absolute Gasteiger partial charge is 0.356 e. The first-order valence-electron chi connectivity index (χ1n) is 9.12. The fraction of sp³-hybridized carbons (Fsp3) is 0.632. The molecule has 1 N–H and O–H groups in total. The summed E-state index contributed by atoms with van der Waals surface area (Å²) in [5.41, 5.74) is 0.745. The standard InChI is InChI=1S/C19H28N2O3S/c1-14-13-16(15(2)25-14)17(22)8-9-18(23)20-10-6-12-21-11-5-3-4-7-19(21)24/h13H,3-12H2,1-2H3,(H,20,23). The van der Waals surface area contributed by atoms with Gasteiger partial charge in [-0.05, 0) is 39.2 Å². The SMILES string of the molecule is Cc1cc(C(=O)CCC(=O)NCCCN2CCCCCC2=O)c(C)s1. The number of aryl methyl sites for hydroxylation is 2. The first kappa shape index (κ1) is 19.6. The number of rotatable bonds is 8. The molecule has 0 unspecified atom stereocenters. The summed E-state index contributed by atoms with van der Waals surface area (Å²) in [5.74, 6) is 0.170. The molecule has 0 spiro atoms. The van der Waals surface area contributed by atoms with E-state index in [4.69, 9.17) is 0 Å². The highest BCUT2D eigenvalue weighted by Crippen LogP contribution is 2.22. The average molecular weight is 365 g/mol. The van der Waals surface area contributed by atoms with Gasteiger partial charge in [0.05, 0.1) is 0 Å². The summed E-state index contributed by atoms with van der Waals surface area (Å²) in [5, 5.41) is 2.85. The Hall–Kier alpha value is -1.69. The van der Waals surface area contributed by atoms with Crippen LogP contribution in [0.2, 0.25) is 0 Å². The van der Waals surface area contributed by atoms with E-state index < -0.39 is 0 Å². The average Bonchev–Trinajstić information content (AvgIpc) is 2.78. The van der Waals surface area contributed by atoms with Crippen molar-refractivity contribution in [3.63, 3.8) is 0 Å². The van der Waals surface area contributed by atoms with E-state index in [9.17, 15) is 14.4 Å². The zero-order valence-corrected chi connectivity index (χ0v) is 16.0. The lowest BCUT2D eigenvalue weighted by molar-refractivity contribution is -0.130. The van der Waals surface area contributed by atoms with Gasteiger partial charge >= 0.3 is 0 Å². The van der Waals surface area contributed by atoms with Crippen LogP contribution in [-0.4, -0.2) is 42.1 Å². The van der Waals surface area contributed by atoms with E-state index in [0.717, 1.165) is 47.5 Å². The maximum atomic E-state index is 12.2. The Morgan fingerprint density at radius 3 is 2.72 bits per heavy atom. The molecule has 0 aromatic carbocycles. The van der Waals surface area contributed by atoms with Crippen LogP contribution < -0.4 is 5.32 Å². The number of carbonyl (C=O) groups excluding carboxylic acids is 3. The highest BCUT2D eigenvalue weighted by atomic mass is 32.1. The van der Waals surface area contributed by atoms with Crippen LogP contribution in [0.15, 0.2) is 6.07 Å². The second kappa shape index (κ2) is 9.70. The van der Waals surface area contributed by atoms with Crippen LogP contribution >= 0.6 is 11.3 Å². The van der Waals surface area contributed by atoms with Crippen molar-refractivity contribution in [3.05, 3.63) is 21.4 Å². The van der Waals surface area contributed by atoms with Crippen molar-refractivity contribution < 1.29 is 14.4 Å². The second-order valence-electron chi connectivity index (χ2n) is 6.65. The van der Waals surface area contributed by atoms with Crippen LogP contribution in [0, 0.1) is 13.8 Å². The molecule has 1 aromatic heterocycles. The van der Waals surface area contributed by atoms with Crippen LogP contribution in [0.5, 0.6) is 0 Å². The van der Waals surface area contributed by atoms with Crippen LogP contribution in [0.25, 0.3) is 0 Å². The summed E-state index contributed by atoms with van der Waals surface area (Å²) in [6.45, 7) is 6.00. The fourth-order valence-electron chi connectivity index (χ4n) is 3.13. The van der Waals surface area contributed by atoms with Gasteiger partial charge in [0.1, 0.15) is 0 Å². The Morgan fingerprint density at radius 2 is 2.00 bits per heavy atom. The van der Waals surface area contributed by atoms with E-state index in [1.165, 1.54) is 0 Å². The van der Waals surface area contributed by atoms with Crippen molar-refractivity contribution in [2.24, 2.45) is 0 Å². The number of nitrogens with one attached hydrogen (secondary N) is 1. The number of hydrogen-bond acceptors (Lipinski definition) is 4. The number of carbonyl (C=O) groups is 3. The molecule has 0 saturated carbocycles. The quantitative estimate of drug-likeness (QED) is 0.569. The zero-order valence-electron chi connectivity index (χ0n) is 15.2. The number of Topliss-reactive ketones (excluding diaryl/α,β-unsaturated/α-hetero) is 1. The topological polar surface area (TPSA) is 66.5 Å². The van der Waals surface area contributed by atoms with Gasteiger partial charge in [-0.1, -0.05) is 6.42 Å². The first-order valence-corrected chi connectivity index (χ1v) is 9.93. The molecular formula is C19H28N2O3S. The number of nitrogens with zero attached hydrogens (tertiary/aromatic N) is 1. The Morgan fingerprint density at radius 1 is 1.20 bits per heavy atom. The van der Waals surface area contributed by atoms with Crippen molar-refractivity contribution in [1.82, 2.24) is 10.2 Å². The van der Waals surface area contributed by atoms with E-state index in [2.05, 4.69) is 5.32 Å². The molecule has 1 aliphatic heterocycles. The third-order valence-corrected chi connectivity index (χ3v) is 5.48. The minimum Gasteiger partial charge on any atom is -0.356 e. The molecule has 138 valence electrons. The number of thiophene rings is 1. The second-order valence-corrected chi connectivity index (χ2v) is 8.11. The molecule has 2 heterocycles. The molecule has 6 heteroatoms. The lowest BCUT2D eigenvalue weighted by atomic mass is 10.1. The first-order chi connectivity index (χ1) is 12.0. The van der Waals surface area contributed by atoms with Crippen molar-refractivity contribution in [2.45, 2.75) is 58.8 Å². The van der Waals surface area contributed by atoms with E-state index in [-0.39, 0.29) is 30.4 Å². The van der Waals surface area contributed by atoms with Crippen LogP contribution in [0.4, 0.5) is 0 Å². The van der Waals surface area contributed by atoms with Gasteiger partial charge in [-0.2, -0.15) is 0 Å². The van der Waals surface area contributed by atoms with E-state index in [0.29, 0.717) is 19.5 Å². The number of amides is 2. The summed E-state index contributed by atoms with van der Waals surface area (Å²) in [6, 6.07) is 1.90. The van der Waals surface area contributed by atoms with Crippen molar-refractivity contribution in [2.75, 3.05) is 19.6 Å². The van der Waals surface area contributed by atoms with Gasteiger partial charge < -0.3 is 10.2 Å². The van der Waals surface area contributed by atoms with Crippen molar-refractivity contribution in [3.8, 4) is 0 Å². The molecular weight excluding hydrogens is 336 g/mol. The lowest BCUT2D eigenvalue weighted by Crippen LogP contribution is -2.34. The predicted octanol–water partition coefficient (Wildman–Crippen LogP) is 3.24. The number of ketones is 1. The molecule has 1 aliphatic rings. The fourth-order valence-corrected chi connectivity index (χ4v) is 4.07. The van der Waals surface area contributed by atoms with Gasteiger partial charge in [0.25, 0.3) is 0 Å². The Labute approximate surface area is 153 Å². The van der Waals surface area contributed by atoms with E-state index in [1.54, 1.807) is 11.3 Å². The van der Waals surface area contributed by atoms with Gasteiger partial charge in [0.15, 0.2) is 5.78 Å². The summed E-state index contributed by atoms with van der Waals surface area (Å²) in [7, 11) is 0. The monoisotopic (exact) mass is 364 g/mol. The van der Waals surface area contributed by atoms with Crippen molar-refractivity contribution in [1.29, 1.82) is 0 Å². The maximum absolute atomic E-state index is 12.2. The van der Waals surface area contributed by atoms with Crippen molar-refractivity contribution >= 4 is 28.9 Å². The zero-order chi connectivity index (χ0) is 18.2. The molecule has 2 amide bonds. The lowest BCUT2D eigenvalue weighted by Gasteiger charge is -2.20. The summed E-state index contributed by atoms with van der Waals surface area (Å²) < 4.78 is 0. The van der Waals surface area contributed by atoms with E-state index >= 15 is 0 Å². The van der Waals surface area contributed by atoms with E-state index in [1.807, 2.05) is 24.8 Å². The minimum absolute atomic E-state index is 0.0344. The van der Waals surface area contributed by atoms with Gasteiger partial charge in [-0.3, -0.25) is 14.4 Å². The Balaban J connectivity index is 1.63. The van der Waals surface area contributed by atoms with Gasteiger partial charge in [0.2, 0.25) is 11.8 Å². The van der Waals surface area contributed by atoms with Crippen LogP contribution in [0.3, 0.4) is 0 Å². The minimum atomic E-state index is -0.0971. The highest BCUT2D eigenvalue weighted by Gasteiger charge is 2.16. The smallest absolute Gasteiger partial charge is 0.222 e. The molecule has 0 aliphatic carbocycles. The third-order valence-electron chi connectivity index (χ3n) is 4.52. The molecule has 1 saturated heterocycles. The van der Waals surface area contributed by atoms with Gasteiger partial charge in [0, 0.05) is 54.2 Å². The molecule has 2 rings (SSSR count). The summed E-state index contributed by atoms with van der Waals surface area (Å²) >= 11 is 1.61. The molecule has 0 atom stereocenters. The van der Waals surface area contributed by atoms with Crippen LogP contribution in [-0.2, 0) is 9.59 Å². The molecule has 25 heavy (non-hydrogen) atoms. The van der Waals surface area contributed by atoms with Gasteiger partial charge in [-0.25, -0.2) is 0 Å². The summed E-state index contributed by atoms with van der Waals surface area (Å²) in [4.78, 5) is 40.0. The highest BCUT2D eigenvalue weighted by molar-refractivity contribution is 7.12. The van der Waals surface area contributed by atoms with Crippen LogP contribution in [0.1, 0.15) is 65.1 Å². The normalized spacial score (nSPS) is 15.1. The molecule has 1 aromatic rings. The summed E-state index contributed by atoms with van der Waals surface area (Å²) in [6.07, 6.45) is 5.05. The maximum Gasteiger partial charge on any atom is 0.222 e. The predicted molar refractivity (Wildman–Crippen MR) is 100 cm³/mol. The number of likely N-dealkylation sites (tertiary alicyclic amines) is 1.